The zero-order chi connectivity index (χ0) is 9.83. The van der Waals surface area contributed by atoms with Crippen molar-refractivity contribution in [2.24, 2.45) is 0 Å². The molecule has 0 bridgehead atoms. The third-order valence-electron chi connectivity index (χ3n) is 0.941. The highest BCUT2D eigenvalue weighted by Gasteiger charge is 2.16. The van der Waals surface area contributed by atoms with Crippen LogP contribution in [-0.2, 0) is 19.9 Å². The monoisotopic (exact) mass is 215 g/mol. The van der Waals surface area contributed by atoms with Crippen molar-refractivity contribution in [1.82, 2.24) is 4.72 Å². The van der Waals surface area contributed by atoms with Crippen LogP contribution in [0.15, 0.2) is 0 Å². The first-order chi connectivity index (χ1) is 5.27. The largest absolute Gasteiger partial charge is 0.228 e. The van der Waals surface area contributed by atoms with Gasteiger partial charge in [-0.15, -0.1) is 0 Å². The summed E-state index contributed by atoms with van der Waals surface area (Å²) in [5.41, 5.74) is 0. The van der Waals surface area contributed by atoms with Crippen molar-refractivity contribution in [3.8, 4) is 0 Å². The molecule has 0 aliphatic heterocycles. The summed E-state index contributed by atoms with van der Waals surface area (Å²) in [7, 11) is -7.10. The van der Waals surface area contributed by atoms with Gasteiger partial charge in [-0.1, -0.05) is 6.92 Å². The van der Waals surface area contributed by atoms with Crippen LogP contribution in [0.5, 0.6) is 0 Å². The Morgan fingerprint density at radius 1 is 1.17 bits per heavy atom. The molecule has 1 N–H and O–H groups in total. The molecule has 0 atom stereocenters. The second-order valence-electron chi connectivity index (χ2n) is 2.55. The van der Waals surface area contributed by atoms with Crippen molar-refractivity contribution in [2.75, 3.05) is 17.9 Å². The highest BCUT2D eigenvalue weighted by atomic mass is 32.3. The second kappa shape index (κ2) is 4.20. The first-order valence-corrected chi connectivity index (χ1v) is 7.13. The van der Waals surface area contributed by atoms with Gasteiger partial charge in [-0.05, 0) is 6.42 Å². The number of rotatable bonds is 5. The zero-order valence-electron chi connectivity index (χ0n) is 7.07. The molecular weight excluding hydrogens is 202 g/mol. The summed E-state index contributed by atoms with van der Waals surface area (Å²) < 4.78 is 45.2. The van der Waals surface area contributed by atoms with Gasteiger partial charge in [0.1, 0.15) is 0 Å². The van der Waals surface area contributed by atoms with Crippen molar-refractivity contribution < 1.29 is 16.8 Å². The fourth-order valence-electron chi connectivity index (χ4n) is 0.581. The first kappa shape index (κ1) is 11.9. The Hall–Kier alpha value is -0.140. The molecule has 0 aromatic carbocycles. The van der Waals surface area contributed by atoms with Crippen LogP contribution in [0.3, 0.4) is 0 Å². The standard InChI is InChI=1S/C5H13NO4S2/c1-3-4-6-12(9,10)5-11(2,7)8/h6H,3-5H2,1-2H3. The average Bonchev–Trinajstić information content (AvgIpc) is 1.78. The normalized spacial score (nSPS) is 13.2. The van der Waals surface area contributed by atoms with Gasteiger partial charge >= 0.3 is 0 Å². The summed E-state index contributed by atoms with van der Waals surface area (Å²) in [5.74, 6) is 0. The molecule has 0 spiro atoms. The predicted molar refractivity (Wildman–Crippen MR) is 46.9 cm³/mol. The minimum atomic E-state index is -3.64. The van der Waals surface area contributed by atoms with E-state index < -0.39 is 24.9 Å². The van der Waals surface area contributed by atoms with Crippen molar-refractivity contribution in [3.63, 3.8) is 0 Å². The molecule has 0 aromatic heterocycles. The van der Waals surface area contributed by atoms with Gasteiger partial charge in [0.05, 0.1) is 0 Å². The Morgan fingerprint density at radius 3 is 2.00 bits per heavy atom. The summed E-state index contributed by atoms with van der Waals surface area (Å²) in [6, 6.07) is 0. The van der Waals surface area contributed by atoms with E-state index in [4.69, 9.17) is 0 Å². The Labute approximate surface area is 73.1 Å². The van der Waals surface area contributed by atoms with E-state index >= 15 is 0 Å². The summed E-state index contributed by atoms with van der Waals surface area (Å²) in [6.07, 6.45) is 1.53. The fourth-order valence-corrected chi connectivity index (χ4v) is 3.68. The number of sulfonamides is 1. The van der Waals surface area contributed by atoms with Crippen LogP contribution >= 0.6 is 0 Å². The minimum Gasteiger partial charge on any atom is -0.228 e. The van der Waals surface area contributed by atoms with E-state index in [-0.39, 0.29) is 6.54 Å². The highest BCUT2D eigenvalue weighted by molar-refractivity contribution is 8.06. The zero-order valence-corrected chi connectivity index (χ0v) is 8.70. The van der Waals surface area contributed by atoms with Crippen LogP contribution in [-0.4, -0.2) is 34.7 Å². The maximum atomic E-state index is 10.9. The van der Waals surface area contributed by atoms with Gasteiger partial charge in [0.15, 0.2) is 14.9 Å². The van der Waals surface area contributed by atoms with E-state index in [9.17, 15) is 16.8 Å². The summed E-state index contributed by atoms with van der Waals surface area (Å²) in [4.78, 5) is 0. The average molecular weight is 215 g/mol. The maximum absolute atomic E-state index is 10.9. The van der Waals surface area contributed by atoms with Gasteiger partial charge in [0.25, 0.3) is 0 Å². The lowest BCUT2D eigenvalue weighted by molar-refractivity contribution is 0.580. The van der Waals surface area contributed by atoms with Crippen LogP contribution in [0, 0.1) is 0 Å². The van der Waals surface area contributed by atoms with Gasteiger partial charge in [-0.25, -0.2) is 21.6 Å². The highest BCUT2D eigenvalue weighted by Crippen LogP contribution is 1.91. The van der Waals surface area contributed by atoms with Gasteiger partial charge in [0, 0.05) is 12.8 Å². The van der Waals surface area contributed by atoms with Crippen LogP contribution in [0.2, 0.25) is 0 Å². The van der Waals surface area contributed by atoms with Crippen LogP contribution in [0.1, 0.15) is 13.3 Å². The van der Waals surface area contributed by atoms with Gasteiger partial charge in [-0.3, -0.25) is 0 Å². The molecule has 0 aromatic rings. The molecule has 0 fully saturated rings. The third-order valence-corrected chi connectivity index (χ3v) is 4.54. The predicted octanol–water partition coefficient (Wildman–Crippen LogP) is -0.682. The lowest BCUT2D eigenvalue weighted by Gasteiger charge is -2.02. The molecule has 0 unspecified atom stereocenters. The summed E-state index contributed by atoms with van der Waals surface area (Å²) in [6.45, 7) is 2.07. The Kier molecular flexibility index (Phi) is 4.15. The van der Waals surface area contributed by atoms with Crippen molar-refractivity contribution >= 4 is 19.9 Å². The Morgan fingerprint density at radius 2 is 1.67 bits per heavy atom. The molecule has 0 rings (SSSR count). The van der Waals surface area contributed by atoms with Crippen molar-refractivity contribution in [1.29, 1.82) is 0 Å². The lowest BCUT2D eigenvalue weighted by Crippen LogP contribution is -2.30. The van der Waals surface area contributed by atoms with Gasteiger partial charge in [-0.2, -0.15) is 0 Å². The molecule has 7 heteroatoms. The molecule has 12 heavy (non-hydrogen) atoms. The van der Waals surface area contributed by atoms with E-state index in [1.807, 2.05) is 0 Å². The minimum absolute atomic E-state index is 0.276. The topological polar surface area (TPSA) is 80.3 Å². The molecular formula is C5H13NO4S2. The van der Waals surface area contributed by atoms with E-state index in [1.165, 1.54) is 0 Å². The molecule has 74 valence electrons. The van der Waals surface area contributed by atoms with Gasteiger partial charge in [0.2, 0.25) is 10.0 Å². The van der Waals surface area contributed by atoms with E-state index in [0.29, 0.717) is 6.42 Å². The quantitative estimate of drug-likeness (QED) is 0.658. The summed E-state index contributed by atoms with van der Waals surface area (Å²) in [5, 5.41) is -0.833. The smallest absolute Gasteiger partial charge is 0.226 e. The molecule has 0 heterocycles. The van der Waals surface area contributed by atoms with Crippen LogP contribution < -0.4 is 4.72 Å². The molecule has 0 aliphatic carbocycles. The lowest BCUT2D eigenvalue weighted by atomic mass is 10.5. The SMILES string of the molecule is CCCNS(=O)(=O)CS(C)(=O)=O. The number of sulfone groups is 1. The van der Waals surface area contributed by atoms with Crippen molar-refractivity contribution in [3.05, 3.63) is 0 Å². The van der Waals surface area contributed by atoms with E-state index in [1.54, 1.807) is 6.92 Å². The first-order valence-electron chi connectivity index (χ1n) is 3.42. The van der Waals surface area contributed by atoms with Crippen LogP contribution in [0.4, 0.5) is 0 Å². The fraction of sp³-hybridized carbons (Fsp3) is 1.00. The Balaban J connectivity index is 4.26. The van der Waals surface area contributed by atoms with E-state index in [0.717, 1.165) is 6.26 Å². The number of nitrogens with one attached hydrogen (secondary N) is 1. The molecule has 0 amide bonds. The number of hydrogen-bond acceptors (Lipinski definition) is 4. The molecule has 5 nitrogen and oxygen atoms in total. The molecule has 0 radical (unpaired) electrons. The molecule has 0 saturated carbocycles. The van der Waals surface area contributed by atoms with Crippen LogP contribution in [0.25, 0.3) is 0 Å². The van der Waals surface area contributed by atoms with E-state index in [2.05, 4.69) is 4.72 Å². The Bertz CT molecular complexity index is 315. The maximum Gasteiger partial charge on any atom is 0.226 e. The molecule has 0 saturated heterocycles. The van der Waals surface area contributed by atoms with Crippen molar-refractivity contribution in [2.45, 2.75) is 13.3 Å². The third kappa shape index (κ3) is 6.56. The molecule has 0 aliphatic rings. The summed E-state index contributed by atoms with van der Waals surface area (Å²) >= 11 is 0. The number of hydrogen-bond donors (Lipinski definition) is 1. The second-order valence-corrected chi connectivity index (χ2v) is 6.87. The van der Waals surface area contributed by atoms with Gasteiger partial charge < -0.3 is 0 Å².